The summed E-state index contributed by atoms with van der Waals surface area (Å²) in [6.07, 6.45) is 0. The fraction of sp³-hybridized carbons (Fsp3) is 0.333. The highest BCUT2D eigenvalue weighted by Gasteiger charge is 2.29. The number of carbonyl (C=O) groups excluding carboxylic acids is 1. The molecule has 90 valence electrons. The molecule has 0 spiro atoms. The van der Waals surface area contributed by atoms with E-state index >= 15 is 0 Å². The summed E-state index contributed by atoms with van der Waals surface area (Å²) in [6.45, 7) is 1.80. The zero-order chi connectivity index (χ0) is 12.4. The van der Waals surface area contributed by atoms with E-state index in [-0.39, 0.29) is 17.9 Å². The van der Waals surface area contributed by atoms with Crippen LogP contribution in [0.2, 0.25) is 0 Å². The zero-order valence-corrected chi connectivity index (χ0v) is 11.1. The monoisotopic (exact) mass is 266 g/mol. The Labute approximate surface area is 110 Å². The molecule has 2 unspecified atom stereocenters. The molecule has 1 amide bonds. The molecule has 1 aromatic rings. The van der Waals surface area contributed by atoms with E-state index in [1.807, 2.05) is 24.3 Å². The molecule has 0 fully saturated rings. The molecule has 17 heavy (non-hydrogen) atoms. The average molecular weight is 266 g/mol. The van der Waals surface area contributed by atoms with Crippen LogP contribution in [-0.2, 0) is 4.79 Å². The molecule has 2 atom stereocenters. The normalized spacial score (nSPS) is 19.5. The Bertz CT molecular complexity index is 462. The fourth-order valence-corrected chi connectivity index (χ4v) is 3.05. The molecular weight excluding hydrogens is 252 g/mol. The van der Waals surface area contributed by atoms with Crippen molar-refractivity contribution in [1.82, 2.24) is 5.32 Å². The molecule has 2 rings (SSSR count). The second kappa shape index (κ2) is 5.06. The number of nitrogens with two attached hydrogens (primary N) is 1. The first-order valence-electron chi connectivity index (χ1n) is 5.41. The van der Waals surface area contributed by atoms with Gasteiger partial charge in [-0.3, -0.25) is 4.79 Å². The number of thioether (sulfide) groups is 1. The minimum absolute atomic E-state index is 0.00255. The first-order chi connectivity index (χ1) is 8.09. The summed E-state index contributed by atoms with van der Waals surface area (Å²) in [5.41, 5.74) is 6.59. The number of carbonyl (C=O) groups is 1. The van der Waals surface area contributed by atoms with Gasteiger partial charge in [0.1, 0.15) is 0 Å². The lowest BCUT2D eigenvalue weighted by atomic mass is 10.0. The molecule has 1 aliphatic heterocycles. The molecule has 5 heteroatoms. The highest BCUT2D eigenvalue weighted by molar-refractivity contribution is 7.99. The van der Waals surface area contributed by atoms with Crippen LogP contribution < -0.4 is 11.1 Å². The Morgan fingerprint density at radius 3 is 3.00 bits per heavy atom. The van der Waals surface area contributed by atoms with Crippen LogP contribution >= 0.6 is 24.0 Å². The van der Waals surface area contributed by atoms with Gasteiger partial charge in [0.15, 0.2) is 0 Å². The van der Waals surface area contributed by atoms with Crippen molar-refractivity contribution < 1.29 is 4.79 Å². The molecule has 1 heterocycles. The quantitative estimate of drug-likeness (QED) is 0.817. The van der Waals surface area contributed by atoms with Crippen LogP contribution in [0.1, 0.15) is 18.4 Å². The van der Waals surface area contributed by atoms with Crippen molar-refractivity contribution in [3.8, 4) is 0 Å². The number of hydrogen-bond donors (Lipinski definition) is 2. The van der Waals surface area contributed by atoms with Crippen molar-refractivity contribution in [2.45, 2.75) is 23.8 Å². The van der Waals surface area contributed by atoms with Crippen LogP contribution in [0.4, 0.5) is 0 Å². The van der Waals surface area contributed by atoms with Crippen molar-refractivity contribution in [2.75, 3.05) is 5.75 Å². The smallest absolute Gasteiger partial charge is 0.228 e. The van der Waals surface area contributed by atoms with Crippen LogP contribution in [0.3, 0.4) is 0 Å². The van der Waals surface area contributed by atoms with Gasteiger partial charge in [0.2, 0.25) is 5.91 Å². The molecular formula is C12H14N2OS2. The van der Waals surface area contributed by atoms with Crippen molar-refractivity contribution in [3.05, 3.63) is 29.8 Å². The third kappa shape index (κ3) is 2.61. The van der Waals surface area contributed by atoms with E-state index in [0.717, 1.165) is 11.3 Å². The predicted octanol–water partition coefficient (Wildman–Crippen LogP) is 1.67. The first-order valence-corrected chi connectivity index (χ1v) is 6.80. The summed E-state index contributed by atoms with van der Waals surface area (Å²) < 4.78 is 0. The first kappa shape index (κ1) is 12.4. The van der Waals surface area contributed by atoms with Gasteiger partial charge < -0.3 is 11.1 Å². The number of amides is 1. The standard InChI is InChI=1S/C12H14N2OS2/c1-7(11(13)16)14-12(15)9-6-17-10-5-3-2-4-8(9)10/h2-5,7,9H,6H2,1H3,(H2,13,16)(H,14,15). The predicted molar refractivity (Wildman–Crippen MR) is 74.3 cm³/mol. The van der Waals surface area contributed by atoms with Crippen LogP contribution in [0.15, 0.2) is 29.2 Å². The molecule has 1 aromatic carbocycles. The second-order valence-electron chi connectivity index (χ2n) is 4.03. The topological polar surface area (TPSA) is 55.1 Å². The van der Waals surface area contributed by atoms with Crippen molar-refractivity contribution in [3.63, 3.8) is 0 Å². The minimum atomic E-state index is -0.254. The van der Waals surface area contributed by atoms with Gasteiger partial charge in [-0.05, 0) is 18.6 Å². The van der Waals surface area contributed by atoms with Crippen LogP contribution in [-0.4, -0.2) is 22.7 Å². The van der Waals surface area contributed by atoms with Gasteiger partial charge in [-0.2, -0.15) is 0 Å². The van der Waals surface area contributed by atoms with E-state index in [0.29, 0.717) is 4.99 Å². The molecule has 3 nitrogen and oxygen atoms in total. The van der Waals surface area contributed by atoms with Gasteiger partial charge in [-0.1, -0.05) is 30.4 Å². The van der Waals surface area contributed by atoms with Gasteiger partial charge in [0.05, 0.1) is 16.9 Å². The van der Waals surface area contributed by atoms with Crippen molar-refractivity contribution in [2.24, 2.45) is 5.73 Å². The molecule has 0 saturated carbocycles. The number of hydrogen-bond acceptors (Lipinski definition) is 3. The van der Waals surface area contributed by atoms with E-state index in [9.17, 15) is 4.79 Å². The molecule has 0 bridgehead atoms. The number of nitrogens with one attached hydrogen (secondary N) is 1. The third-order valence-electron chi connectivity index (χ3n) is 2.80. The molecule has 0 aromatic heterocycles. The molecule has 0 saturated heterocycles. The summed E-state index contributed by atoms with van der Waals surface area (Å²) in [5.74, 6) is 0.700. The SMILES string of the molecule is CC(NC(=O)C1CSc2ccccc21)C(N)=S. The van der Waals surface area contributed by atoms with Crippen LogP contribution in [0, 0.1) is 0 Å². The summed E-state index contributed by atoms with van der Waals surface area (Å²) in [4.78, 5) is 13.6. The van der Waals surface area contributed by atoms with Gasteiger partial charge in [-0.25, -0.2) is 0 Å². The van der Waals surface area contributed by atoms with Gasteiger partial charge in [0.25, 0.3) is 0 Å². The van der Waals surface area contributed by atoms with Crippen molar-refractivity contribution in [1.29, 1.82) is 0 Å². The number of fused-ring (bicyclic) bond motifs is 1. The van der Waals surface area contributed by atoms with Gasteiger partial charge in [-0.15, -0.1) is 11.8 Å². The Hall–Kier alpha value is -1.07. The Balaban J connectivity index is 2.10. The lowest BCUT2D eigenvalue weighted by Gasteiger charge is -2.16. The molecule has 3 N–H and O–H groups in total. The third-order valence-corrected chi connectivity index (χ3v) is 4.34. The summed E-state index contributed by atoms with van der Waals surface area (Å²) >= 11 is 6.56. The fourth-order valence-electron chi connectivity index (χ4n) is 1.76. The summed E-state index contributed by atoms with van der Waals surface area (Å²) in [6, 6.07) is 7.75. The van der Waals surface area contributed by atoms with Crippen LogP contribution in [0.5, 0.6) is 0 Å². The van der Waals surface area contributed by atoms with E-state index in [1.54, 1.807) is 18.7 Å². The Morgan fingerprint density at radius 1 is 1.59 bits per heavy atom. The molecule has 1 aliphatic rings. The van der Waals surface area contributed by atoms with E-state index < -0.39 is 0 Å². The maximum absolute atomic E-state index is 12.1. The Morgan fingerprint density at radius 2 is 2.29 bits per heavy atom. The van der Waals surface area contributed by atoms with E-state index in [1.165, 1.54) is 4.90 Å². The highest BCUT2D eigenvalue weighted by Crippen LogP contribution is 2.39. The van der Waals surface area contributed by atoms with E-state index in [2.05, 4.69) is 5.32 Å². The van der Waals surface area contributed by atoms with Gasteiger partial charge in [0, 0.05) is 10.6 Å². The largest absolute Gasteiger partial charge is 0.392 e. The minimum Gasteiger partial charge on any atom is -0.392 e. The summed E-state index contributed by atoms with van der Waals surface area (Å²) in [5, 5.41) is 2.84. The average Bonchev–Trinajstić information content (AvgIpc) is 2.72. The van der Waals surface area contributed by atoms with Gasteiger partial charge >= 0.3 is 0 Å². The highest BCUT2D eigenvalue weighted by atomic mass is 32.2. The lowest BCUT2D eigenvalue weighted by molar-refractivity contribution is -0.122. The van der Waals surface area contributed by atoms with Crippen molar-refractivity contribution >= 4 is 34.9 Å². The number of benzene rings is 1. The maximum Gasteiger partial charge on any atom is 0.228 e. The lowest BCUT2D eigenvalue weighted by Crippen LogP contribution is -2.43. The summed E-state index contributed by atoms with van der Waals surface area (Å²) in [7, 11) is 0. The number of rotatable bonds is 3. The second-order valence-corrected chi connectivity index (χ2v) is 5.57. The maximum atomic E-state index is 12.1. The molecule has 0 aliphatic carbocycles. The zero-order valence-electron chi connectivity index (χ0n) is 9.47. The molecule has 0 radical (unpaired) electrons. The number of thiocarbonyl (C=S) groups is 1. The Kier molecular flexibility index (Phi) is 3.69. The van der Waals surface area contributed by atoms with Crippen LogP contribution in [0.25, 0.3) is 0 Å². The van der Waals surface area contributed by atoms with E-state index in [4.69, 9.17) is 18.0 Å².